The van der Waals surface area contributed by atoms with Crippen LogP contribution in [-0.2, 0) is 27.9 Å². The van der Waals surface area contributed by atoms with Crippen molar-refractivity contribution < 1.29 is 13.2 Å². The first-order chi connectivity index (χ1) is 11.0. The molecule has 7 heteroatoms. The van der Waals surface area contributed by atoms with Crippen LogP contribution in [0, 0.1) is 0 Å². The Labute approximate surface area is 138 Å². The Balaban J connectivity index is 1.51. The van der Waals surface area contributed by atoms with E-state index in [0.29, 0.717) is 26.1 Å². The van der Waals surface area contributed by atoms with Crippen LogP contribution in [0.4, 0.5) is 0 Å². The second kappa shape index (κ2) is 7.27. The highest BCUT2D eigenvalue weighted by Crippen LogP contribution is 2.20. The predicted octanol–water partition coefficient (Wildman–Crippen LogP) is 0.600. The van der Waals surface area contributed by atoms with Gasteiger partial charge in [0.1, 0.15) is 0 Å². The third-order valence-corrected chi connectivity index (χ3v) is 6.09. The molecule has 0 amide bonds. The summed E-state index contributed by atoms with van der Waals surface area (Å²) < 4.78 is 34.8. The molecule has 1 aromatic carbocycles. The van der Waals surface area contributed by atoms with Crippen LogP contribution in [-0.4, -0.2) is 63.6 Å². The first-order valence-corrected chi connectivity index (χ1v) is 9.60. The quantitative estimate of drug-likeness (QED) is 0.853. The van der Waals surface area contributed by atoms with E-state index < -0.39 is 10.2 Å². The molecule has 1 fully saturated rings. The number of rotatable bonds is 5. The van der Waals surface area contributed by atoms with E-state index in [1.54, 1.807) is 0 Å². The summed E-state index contributed by atoms with van der Waals surface area (Å²) >= 11 is 0. The highest BCUT2D eigenvalue weighted by Gasteiger charge is 2.26. The summed E-state index contributed by atoms with van der Waals surface area (Å²) in [7, 11) is -1.37. The SMILES string of the molecule is CN1CCO[C@@H](CCNS(=O)(=O)N2CCc3ccccc3C2)C1. The third kappa shape index (κ3) is 4.30. The van der Waals surface area contributed by atoms with Gasteiger partial charge in [-0.25, -0.2) is 4.72 Å². The molecule has 23 heavy (non-hydrogen) atoms. The largest absolute Gasteiger partial charge is 0.376 e. The molecule has 3 rings (SSSR count). The summed E-state index contributed by atoms with van der Waals surface area (Å²) in [5.41, 5.74) is 2.35. The Morgan fingerprint density at radius 3 is 2.83 bits per heavy atom. The molecule has 128 valence electrons. The summed E-state index contributed by atoms with van der Waals surface area (Å²) in [4.78, 5) is 2.21. The van der Waals surface area contributed by atoms with E-state index >= 15 is 0 Å². The van der Waals surface area contributed by atoms with Crippen LogP contribution in [0.2, 0.25) is 0 Å². The van der Waals surface area contributed by atoms with Crippen LogP contribution < -0.4 is 4.72 Å². The molecule has 0 spiro atoms. The zero-order valence-corrected chi connectivity index (χ0v) is 14.4. The Hall–Kier alpha value is -0.990. The van der Waals surface area contributed by atoms with Crippen molar-refractivity contribution >= 4 is 10.2 Å². The van der Waals surface area contributed by atoms with Crippen LogP contribution in [0.25, 0.3) is 0 Å². The molecule has 0 bridgehead atoms. The summed E-state index contributed by atoms with van der Waals surface area (Å²) in [6.45, 7) is 3.92. The van der Waals surface area contributed by atoms with Gasteiger partial charge in [0.2, 0.25) is 0 Å². The van der Waals surface area contributed by atoms with Crippen molar-refractivity contribution in [2.45, 2.75) is 25.5 Å². The lowest BCUT2D eigenvalue weighted by atomic mass is 10.0. The van der Waals surface area contributed by atoms with Crippen molar-refractivity contribution in [3.8, 4) is 0 Å². The normalized spacial score (nSPS) is 23.6. The predicted molar refractivity (Wildman–Crippen MR) is 89.3 cm³/mol. The zero-order valence-electron chi connectivity index (χ0n) is 13.6. The van der Waals surface area contributed by atoms with Crippen molar-refractivity contribution in [3.63, 3.8) is 0 Å². The number of benzene rings is 1. The maximum atomic E-state index is 12.5. The summed E-state index contributed by atoms with van der Waals surface area (Å²) in [5, 5.41) is 0. The van der Waals surface area contributed by atoms with E-state index in [4.69, 9.17) is 4.74 Å². The van der Waals surface area contributed by atoms with E-state index in [9.17, 15) is 8.42 Å². The van der Waals surface area contributed by atoms with E-state index in [2.05, 4.69) is 22.7 Å². The maximum absolute atomic E-state index is 12.5. The van der Waals surface area contributed by atoms with Crippen molar-refractivity contribution in [3.05, 3.63) is 35.4 Å². The molecule has 2 aliphatic rings. The van der Waals surface area contributed by atoms with E-state index in [1.165, 1.54) is 9.87 Å². The number of fused-ring (bicyclic) bond motifs is 1. The van der Waals surface area contributed by atoms with Gasteiger partial charge in [-0.05, 0) is 31.0 Å². The van der Waals surface area contributed by atoms with Crippen molar-refractivity contribution in [1.29, 1.82) is 0 Å². The number of hydrogen-bond donors (Lipinski definition) is 1. The minimum atomic E-state index is -3.43. The molecule has 0 radical (unpaired) electrons. The van der Waals surface area contributed by atoms with Gasteiger partial charge in [0, 0.05) is 32.7 Å². The Morgan fingerprint density at radius 1 is 1.26 bits per heavy atom. The number of morpholine rings is 1. The van der Waals surface area contributed by atoms with Gasteiger partial charge in [0.15, 0.2) is 0 Å². The van der Waals surface area contributed by atoms with Gasteiger partial charge in [-0.1, -0.05) is 24.3 Å². The van der Waals surface area contributed by atoms with Gasteiger partial charge >= 0.3 is 0 Å². The van der Waals surface area contributed by atoms with E-state index in [1.807, 2.05) is 18.2 Å². The van der Waals surface area contributed by atoms with Crippen LogP contribution in [0.3, 0.4) is 0 Å². The van der Waals surface area contributed by atoms with Crippen molar-refractivity contribution in [2.24, 2.45) is 0 Å². The third-order valence-electron chi connectivity index (χ3n) is 4.53. The van der Waals surface area contributed by atoms with Crippen molar-refractivity contribution in [2.75, 3.05) is 39.8 Å². The lowest BCUT2D eigenvalue weighted by molar-refractivity contribution is -0.0222. The molecule has 1 N–H and O–H groups in total. The minimum Gasteiger partial charge on any atom is -0.376 e. The molecule has 1 saturated heterocycles. The fourth-order valence-corrected chi connectivity index (χ4v) is 4.36. The van der Waals surface area contributed by atoms with E-state index in [0.717, 1.165) is 31.7 Å². The van der Waals surface area contributed by atoms with Crippen LogP contribution in [0.5, 0.6) is 0 Å². The number of nitrogens with zero attached hydrogens (tertiary/aromatic N) is 2. The monoisotopic (exact) mass is 339 g/mol. The first-order valence-electron chi connectivity index (χ1n) is 8.16. The van der Waals surface area contributed by atoms with E-state index in [-0.39, 0.29) is 6.10 Å². The highest BCUT2D eigenvalue weighted by atomic mass is 32.2. The minimum absolute atomic E-state index is 0.110. The first kappa shape index (κ1) is 16.9. The molecular formula is C16H25N3O3S. The second-order valence-electron chi connectivity index (χ2n) is 6.30. The number of hydrogen-bond acceptors (Lipinski definition) is 4. The van der Waals surface area contributed by atoms with Gasteiger partial charge < -0.3 is 9.64 Å². The van der Waals surface area contributed by atoms with Gasteiger partial charge in [-0.3, -0.25) is 0 Å². The highest BCUT2D eigenvalue weighted by molar-refractivity contribution is 7.87. The summed E-state index contributed by atoms with van der Waals surface area (Å²) in [6.07, 6.45) is 1.58. The maximum Gasteiger partial charge on any atom is 0.279 e. The average molecular weight is 339 g/mol. The smallest absolute Gasteiger partial charge is 0.279 e. The van der Waals surface area contributed by atoms with Gasteiger partial charge in [0.05, 0.1) is 12.7 Å². The van der Waals surface area contributed by atoms with Gasteiger partial charge in [0.25, 0.3) is 10.2 Å². The molecule has 1 aromatic rings. The fraction of sp³-hybridized carbons (Fsp3) is 0.625. The molecule has 0 saturated carbocycles. The van der Waals surface area contributed by atoms with Crippen LogP contribution in [0.15, 0.2) is 24.3 Å². The zero-order chi connectivity index (χ0) is 16.3. The summed E-state index contributed by atoms with van der Waals surface area (Å²) in [6, 6.07) is 8.04. The fourth-order valence-electron chi connectivity index (χ4n) is 3.16. The molecule has 1 atom stereocenters. The number of ether oxygens (including phenoxy) is 1. The van der Waals surface area contributed by atoms with Gasteiger partial charge in [-0.2, -0.15) is 12.7 Å². The number of likely N-dealkylation sites (N-methyl/N-ethyl adjacent to an activating group) is 1. The molecule has 0 unspecified atom stereocenters. The molecule has 0 aromatic heterocycles. The Bertz CT molecular complexity index is 635. The average Bonchev–Trinajstić information content (AvgIpc) is 2.54. The van der Waals surface area contributed by atoms with Crippen molar-refractivity contribution in [1.82, 2.24) is 13.9 Å². The summed E-state index contributed by atoms with van der Waals surface area (Å²) in [5.74, 6) is 0. The number of nitrogens with one attached hydrogen (secondary N) is 1. The standard InChI is InChI=1S/C16H25N3O3S/c1-18-10-11-22-16(13-18)6-8-17-23(20,21)19-9-7-14-4-2-3-5-15(14)12-19/h2-5,16-17H,6-13H2,1H3/t16-/m0/s1. The lowest BCUT2D eigenvalue weighted by Crippen LogP contribution is -2.45. The molecular weight excluding hydrogens is 314 g/mol. The molecule has 2 aliphatic heterocycles. The van der Waals surface area contributed by atoms with Gasteiger partial charge in [-0.15, -0.1) is 0 Å². The second-order valence-corrected chi connectivity index (χ2v) is 8.05. The lowest BCUT2D eigenvalue weighted by Gasteiger charge is -2.31. The molecule has 2 heterocycles. The molecule has 6 nitrogen and oxygen atoms in total. The van der Waals surface area contributed by atoms with Crippen LogP contribution >= 0.6 is 0 Å². The van der Waals surface area contributed by atoms with Crippen LogP contribution in [0.1, 0.15) is 17.5 Å². The Morgan fingerprint density at radius 2 is 2.04 bits per heavy atom. The topological polar surface area (TPSA) is 61.9 Å². The molecule has 0 aliphatic carbocycles. The Kier molecular flexibility index (Phi) is 5.33.